The predicted octanol–water partition coefficient (Wildman–Crippen LogP) is 3.85. The van der Waals surface area contributed by atoms with Crippen molar-refractivity contribution in [1.29, 1.82) is 5.26 Å². The molecular weight excluding hydrogens is 377 g/mol. The maximum atomic E-state index is 12.6. The van der Waals surface area contributed by atoms with Crippen LogP contribution in [0.2, 0.25) is 0 Å². The average Bonchev–Trinajstić information content (AvgIpc) is 3.24. The van der Waals surface area contributed by atoms with E-state index in [1.807, 2.05) is 30.3 Å². The van der Waals surface area contributed by atoms with E-state index in [2.05, 4.69) is 21.5 Å². The second-order valence-electron chi connectivity index (χ2n) is 5.62. The third-order valence-corrected chi connectivity index (χ3v) is 4.76. The van der Waals surface area contributed by atoms with Gasteiger partial charge in [0.25, 0.3) is 0 Å². The monoisotopic (exact) mass is 392 g/mol. The van der Waals surface area contributed by atoms with E-state index in [-0.39, 0.29) is 10.9 Å². The number of nitrogens with zero attached hydrogens (tertiary/aromatic N) is 4. The number of nitriles is 1. The molecule has 0 spiro atoms. The molecule has 10 heteroatoms. The molecule has 3 aromatic rings. The van der Waals surface area contributed by atoms with Gasteiger partial charge in [0.15, 0.2) is 5.13 Å². The fourth-order valence-electron chi connectivity index (χ4n) is 2.48. The summed E-state index contributed by atoms with van der Waals surface area (Å²) < 4.78 is 39.2. The number of aromatic nitrogens is 3. The Balaban J connectivity index is 1.63. The lowest BCUT2D eigenvalue weighted by molar-refractivity contribution is -0.134. The van der Waals surface area contributed by atoms with E-state index in [1.54, 1.807) is 0 Å². The lowest BCUT2D eigenvalue weighted by Crippen LogP contribution is -2.04. The Morgan fingerprint density at radius 3 is 2.63 bits per heavy atom. The van der Waals surface area contributed by atoms with Crippen LogP contribution in [-0.2, 0) is 12.6 Å². The van der Waals surface area contributed by atoms with E-state index >= 15 is 0 Å². The molecule has 0 radical (unpaired) electrons. The molecule has 0 aliphatic rings. The maximum Gasteiger partial charge on any atom is 0.427 e. The number of alkyl halides is 3. The second-order valence-corrected chi connectivity index (χ2v) is 6.65. The van der Waals surface area contributed by atoms with Crippen molar-refractivity contribution in [2.24, 2.45) is 0 Å². The number of halogens is 3. The molecule has 140 valence electrons. The molecule has 3 rings (SSSR count). The van der Waals surface area contributed by atoms with Crippen LogP contribution in [0.1, 0.15) is 22.6 Å². The molecule has 27 heavy (non-hydrogen) atoms. The Morgan fingerprint density at radius 2 is 2.00 bits per heavy atom. The molecule has 1 aromatic carbocycles. The molecule has 0 amide bonds. The minimum atomic E-state index is -4.39. The van der Waals surface area contributed by atoms with Crippen LogP contribution in [0, 0.1) is 11.3 Å². The Kier molecular flexibility index (Phi) is 5.32. The fourth-order valence-corrected chi connectivity index (χ4v) is 3.19. The minimum Gasteiger partial charge on any atom is -0.382 e. The van der Waals surface area contributed by atoms with Gasteiger partial charge in [0, 0.05) is 6.54 Å². The number of hydrogen-bond acceptors (Lipinski definition) is 6. The lowest BCUT2D eigenvalue weighted by atomic mass is 10.1. The standard InChI is InChI=1S/C17H15F3N6S/c18-17(19,20)14-10-24-16(27-14)23-8-4-7-13-12(9-21)15(22)26(25-13)11-5-2-1-3-6-11/h1-3,5-6,10H,4,7-8,22H2,(H,23,24). The highest BCUT2D eigenvalue weighted by atomic mass is 32.1. The number of para-hydroxylation sites is 1. The highest BCUT2D eigenvalue weighted by molar-refractivity contribution is 7.15. The Morgan fingerprint density at radius 1 is 1.26 bits per heavy atom. The largest absolute Gasteiger partial charge is 0.427 e. The smallest absolute Gasteiger partial charge is 0.382 e. The van der Waals surface area contributed by atoms with Crippen LogP contribution < -0.4 is 11.1 Å². The number of aryl methyl sites for hydroxylation is 1. The van der Waals surface area contributed by atoms with Gasteiger partial charge in [0.1, 0.15) is 22.3 Å². The summed E-state index contributed by atoms with van der Waals surface area (Å²) in [6.07, 6.45) is -2.57. The van der Waals surface area contributed by atoms with Crippen molar-refractivity contribution in [2.75, 3.05) is 17.6 Å². The number of thiazole rings is 1. The number of nitrogens with one attached hydrogen (secondary N) is 1. The number of benzene rings is 1. The normalized spacial score (nSPS) is 11.3. The molecule has 0 atom stereocenters. The Bertz CT molecular complexity index is 955. The third-order valence-electron chi connectivity index (χ3n) is 3.76. The summed E-state index contributed by atoms with van der Waals surface area (Å²) in [5.74, 6) is 0.265. The van der Waals surface area contributed by atoms with E-state index in [4.69, 9.17) is 5.73 Å². The Labute approximate surface area is 157 Å². The van der Waals surface area contributed by atoms with Gasteiger partial charge < -0.3 is 11.1 Å². The van der Waals surface area contributed by atoms with Crippen LogP contribution in [0.15, 0.2) is 36.5 Å². The molecule has 0 saturated heterocycles. The number of nitrogen functional groups attached to an aromatic ring is 1. The van der Waals surface area contributed by atoms with Gasteiger partial charge in [0.05, 0.1) is 17.6 Å². The number of nitrogens with two attached hydrogens (primary N) is 1. The lowest BCUT2D eigenvalue weighted by Gasteiger charge is -2.03. The summed E-state index contributed by atoms with van der Waals surface area (Å²) in [7, 11) is 0. The van der Waals surface area contributed by atoms with Gasteiger partial charge in [-0.3, -0.25) is 0 Å². The SMILES string of the molecule is N#Cc1c(CCCNc2ncc(C(F)(F)F)s2)nn(-c2ccccc2)c1N. The zero-order chi connectivity index (χ0) is 19.4. The van der Waals surface area contributed by atoms with Crippen LogP contribution >= 0.6 is 11.3 Å². The predicted molar refractivity (Wildman–Crippen MR) is 96.6 cm³/mol. The molecule has 0 saturated carbocycles. The average molecular weight is 392 g/mol. The summed E-state index contributed by atoms with van der Waals surface area (Å²) in [5.41, 5.74) is 7.65. The second kappa shape index (κ2) is 7.67. The summed E-state index contributed by atoms with van der Waals surface area (Å²) >= 11 is 0.558. The van der Waals surface area contributed by atoms with Crippen molar-refractivity contribution in [3.8, 4) is 11.8 Å². The molecule has 2 aromatic heterocycles. The van der Waals surface area contributed by atoms with Gasteiger partial charge in [-0.15, -0.1) is 0 Å². The summed E-state index contributed by atoms with van der Waals surface area (Å²) in [5, 5.41) is 16.8. The molecule has 0 aliphatic heterocycles. The van der Waals surface area contributed by atoms with Crippen LogP contribution in [0.4, 0.5) is 24.1 Å². The maximum absolute atomic E-state index is 12.6. The van der Waals surface area contributed by atoms with Gasteiger partial charge in [-0.2, -0.15) is 23.5 Å². The van der Waals surface area contributed by atoms with Gasteiger partial charge in [-0.05, 0) is 25.0 Å². The zero-order valence-electron chi connectivity index (χ0n) is 14.0. The summed E-state index contributed by atoms with van der Waals surface area (Å²) in [6, 6.07) is 11.3. The molecule has 2 heterocycles. The summed E-state index contributed by atoms with van der Waals surface area (Å²) in [6.45, 7) is 0.397. The van der Waals surface area contributed by atoms with Crippen molar-refractivity contribution in [3.63, 3.8) is 0 Å². The molecule has 0 bridgehead atoms. The van der Waals surface area contributed by atoms with Gasteiger partial charge in [-0.25, -0.2) is 9.67 Å². The molecular formula is C17H15F3N6S. The van der Waals surface area contributed by atoms with E-state index < -0.39 is 11.1 Å². The fraction of sp³-hybridized carbons (Fsp3) is 0.235. The van der Waals surface area contributed by atoms with Crippen LogP contribution in [0.3, 0.4) is 0 Å². The highest BCUT2D eigenvalue weighted by Crippen LogP contribution is 2.35. The number of hydrogen-bond donors (Lipinski definition) is 2. The highest BCUT2D eigenvalue weighted by Gasteiger charge is 2.33. The van der Waals surface area contributed by atoms with E-state index in [0.717, 1.165) is 11.9 Å². The number of rotatable bonds is 6. The molecule has 0 unspecified atom stereocenters. The van der Waals surface area contributed by atoms with E-state index in [0.29, 0.717) is 42.0 Å². The van der Waals surface area contributed by atoms with Crippen molar-refractivity contribution in [1.82, 2.24) is 14.8 Å². The Hall–Kier alpha value is -3.06. The van der Waals surface area contributed by atoms with Crippen LogP contribution in [0.25, 0.3) is 5.69 Å². The third kappa shape index (κ3) is 4.20. The molecule has 3 N–H and O–H groups in total. The first-order chi connectivity index (χ1) is 12.9. The van der Waals surface area contributed by atoms with Crippen molar-refractivity contribution in [2.45, 2.75) is 19.0 Å². The van der Waals surface area contributed by atoms with Gasteiger partial charge in [-0.1, -0.05) is 29.5 Å². The van der Waals surface area contributed by atoms with E-state index in [1.165, 1.54) is 4.68 Å². The minimum absolute atomic E-state index is 0.206. The first-order valence-corrected chi connectivity index (χ1v) is 8.81. The number of anilines is 2. The molecule has 6 nitrogen and oxygen atoms in total. The van der Waals surface area contributed by atoms with Crippen molar-refractivity contribution < 1.29 is 13.2 Å². The molecule has 0 aliphatic carbocycles. The van der Waals surface area contributed by atoms with Crippen LogP contribution in [-0.4, -0.2) is 21.3 Å². The molecule has 0 fully saturated rings. The van der Waals surface area contributed by atoms with Gasteiger partial charge >= 0.3 is 6.18 Å². The first kappa shape index (κ1) is 18.7. The quantitative estimate of drug-likeness (QED) is 0.622. The van der Waals surface area contributed by atoms with Crippen molar-refractivity contribution >= 4 is 22.3 Å². The summed E-state index contributed by atoms with van der Waals surface area (Å²) in [4.78, 5) is 2.97. The zero-order valence-corrected chi connectivity index (χ0v) is 14.8. The van der Waals surface area contributed by atoms with E-state index in [9.17, 15) is 18.4 Å². The topological polar surface area (TPSA) is 92.5 Å². The van der Waals surface area contributed by atoms with Gasteiger partial charge in [0.2, 0.25) is 0 Å². The first-order valence-electron chi connectivity index (χ1n) is 8.00. The van der Waals surface area contributed by atoms with Crippen LogP contribution in [0.5, 0.6) is 0 Å². The van der Waals surface area contributed by atoms with Crippen molar-refractivity contribution in [3.05, 3.63) is 52.7 Å².